The summed E-state index contributed by atoms with van der Waals surface area (Å²) in [5, 5.41) is 8.98. The predicted octanol–water partition coefficient (Wildman–Crippen LogP) is 3.15. The minimum absolute atomic E-state index is 0.135. The van der Waals surface area contributed by atoms with Crippen molar-refractivity contribution in [2.75, 3.05) is 11.9 Å². The van der Waals surface area contributed by atoms with Crippen LogP contribution in [0, 0.1) is 0 Å². The monoisotopic (exact) mass is 375 g/mol. The van der Waals surface area contributed by atoms with Gasteiger partial charge >= 0.3 is 0 Å². The van der Waals surface area contributed by atoms with Crippen LogP contribution < -0.4 is 16.0 Å². The number of benzene rings is 2. The Morgan fingerprint density at radius 3 is 2.44 bits per heavy atom. The van der Waals surface area contributed by atoms with Crippen LogP contribution in [-0.2, 0) is 11.2 Å². The van der Waals surface area contributed by atoms with Gasteiger partial charge in [0.05, 0.1) is 17.7 Å². The highest BCUT2D eigenvalue weighted by molar-refractivity contribution is 7.80. The van der Waals surface area contributed by atoms with Crippen molar-refractivity contribution in [3.63, 3.8) is 0 Å². The molecule has 0 aliphatic rings. The van der Waals surface area contributed by atoms with Gasteiger partial charge in [0.1, 0.15) is 0 Å². The summed E-state index contributed by atoms with van der Waals surface area (Å²) in [5.74, 6) is -0.462. The summed E-state index contributed by atoms with van der Waals surface area (Å²) in [4.78, 5) is 24.1. The third-order valence-electron chi connectivity index (χ3n) is 3.29. The standard InChI is InChI=1S/C18H18ClN3O2S/c1-2-20-17(24)14-5-3-4-6-15(14)21-18(25)22-16(23)11-12-7-9-13(19)10-8-12/h3-10H,2,11H2,1H3,(H,20,24)(H2,21,22,23,25). The molecule has 2 aromatic carbocycles. The third-order valence-corrected chi connectivity index (χ3v) is 3.74. The second-order valence-electron chi connectivity index (χ2n) is 5.21. The van der Waals surface area contributed by atoms with Crippen molar-refractivity contribution in [3.8, 4) is 0 Å². The summed E-state index contributed by atoms with van der Waals surface area (Å²) in [6.07, 6.45) is 0.178. The molecule has 0 heterocycles. The van der Waals surface area contributed by atoms with Crippen LogP contribution in [-0.4, -0.2) is 23.5 Å². The van der Waals surface area contributed by atoms with Crippen molar-refractivity contribution in [2.45, 2.75) is 13.3 Å². The van der Waals surface area contributed by atoms with Crippen LogP contribution >= 0.6 is 23.8 Å². The van der Waals surface area contributed by atoms with Crippen LogP contribution in [0.25, 0.3) is 0 Å². The molecule has 3 N–H and O–H groups in total. The number of amides is 2. The molecule has 0 saturated carbocycles. The normalized spacial score (nSPS) is 10.0. The Morgan fingerprint density at radius 2 is 1.76 bits per heavy atom. The molecule has 2 rings (SSSR count). The van der Waals surface area contributed by atoms with E-state index in [0.29, 0.717) is 22.8 Å². The van der Waals surface area contributed by atoms with Gasteiger partial charge in [-0.25, -0.2) is 0 Å². The van der Waals surface area contributed by atoms with Crippen LogP contribution in [0.4, 0.5) is 5.69 Å². The lowest BCUT2D eigenvalue weighted by Gasteiger charge is -2.13. The largest absolute Gasteiger partial charge is 0.352 e. The Bertz CT molecular complexity index is 778. The zero-order valence-corrected chi connectivity index (χ0v) is 15.2. The molecule has 0 aliphatic carbocycles. The van der Waals surface area contributed by atoms with Crippen molar-refractivity contribution in [2.24, 2.45) is 0 Å². The zero-order chi connectivity index (χ0) is 18.2. The molecule has 0 aliphatic heterocycles. The van der Waals surface area contributed by atoms with E-state index in [9.17, 15) is 9.59 Å². The molecule has 5 nitrogen and oxygen atoms in total. The van der Waals surface area contributed by atoms with E-state index in [2.05, 4.69) is 16.0 Å². The van der Waals surface area contributed by atoms with E-state index in [4.69, 9.17) is 23.8 Å². The Labute approximate surface area is 156 Å². The molecule has 7 heteroatoms. The number of rotatable bonds is 5. The first-order valence-corrected chi connectivity index (χ1v) is 8.50. The third kappa shape index (κ3) is 5.85. The van der Waals surface area contributed by atoms with Crippen LogP contribution in [0.1, 0.15) is 22.8 Å². The smallest absolute Gasteiger partial charge is 0.253 e. The molecular formula is C18H18ClN3O2S. The van der Waals surface area contributed by atoms with E-state index in [1.165, 1.54) is 0 Å². The maximum atomic E-state index is 12.1. The van der Waals surface area contributed by atoms with E-state index >= 15 is 0 Å². The number of hydrogen-bond acceptors (Lipinski definition) is 3. The lowest BCUT2D eigenvalue weighted by atomic mass is 10.1. The fraction of sp³-hybridized carbons (Fsp3) is 0.167. The first-order chi connectivity index (χ1) is 12.0. The van der Waals surface area contributed by atoms with Gasteiger partial charge in [-0.1, -0.05) is 35.9 Å². The second-order valence-corrected chi connectivity index (χ2v) is 6.06. The fourth-order valence-electron chi connectivity index (χ4n) is 2.16. The molecule has 25 heavy (non-hydrogen) atoms. The minimum Gasteiger partial charge on any atom is -0.352 e. The minimum atomic E-state index is -0.254. The summed E-state index contributed by atoms with van der Waals surface area (Å²) >= 11 is 11.0. The van der Waals surface area contributed by atoms with Gasteiger partial charge in [0.25, 0.3) is 5.91 Å². The summed E-state index contributed by atoms with van der Waals surface area (Å²) in [7, 11) is 0. The van der Waals surface area contributed by atoms with Gasteiger partial charge in [0, 0.05) is 11.6 Å². The highest BCUT2D eigenvalue weighted by Crippen LogP contribution is 2.15. The summed E-state index contributed by atoms with van der Waals surface area (Å²) in [6.45, 7) is 2.37. The molecule has 0 aromatic heterocycles. The van der Waals surface area contributed by atoms with Gasteiger partial charge in [0.15, 0.2) is 5.11 Å². The van der Waals surface area contributed by atoms with Gasteiger partial charge in [-0.2, -0.15) is 0 Å². The summed E-state index contributed by atoms with van der Waals surface area (Å²) < 4.78 is 0. The Morgan fingerprint density at radius 1 is 1.08 bits per heavy atom. The molecule has 0 unspecified atom stereocenters. The molecule has 0 bridgehead atoms. The average Bonchev–Trinajstić information content (AvgIpc) is 2.57. The maximum Gasteiger partial charge on any atom is 0.253 e. The predicted molar refractivity (Wildman–Crippen MR) is 104 cm³/mol. The van der Waals surface area contributed by atoms with Crippen LogP contribution in [0.5, 0.6) is 0 Å². The molecule has 0 spiro atoms. The van der Waals surface area contributed by atoms with Crippen LogP contribution in [0.3, 0.4) is 0 Å². The lowest BCUT2D eigenvalue weighted by molar-refractivity contribution is -0.119. The quantitative estimate of drug-likeness (QED) is 0.702. The molecule has 0 atom stereocenters. The zero-order valence-electron chi connectivity index (χ0n) is 13.6. The van der Waals surface area contributed by atoms with Crippen molar-refractivity contribution in [1.29, 1.82) is 0 Å². The molecular weight excluding hydrogens is 358 g/mol. The first-order valence-electron chi connectivity index (χ1n) is 7.72. The Balaban J connectivity index is 1.97. The second kappa shape index (κ2) is 9.15. The van der Waals surface area contributed by atoms with Gasteiger partial charge in [-0.3, -0.25) is 9.59 Å². The number of anilines is 1. The summed E-state index contributed by atoms with van der Waals surface area (Å²) in [6, 6.07) is 14.0. The fourth-order valence-corrected chi connectivity index (χ4v) is 2.51. The van der Waals surface area contributed by atoms with Crippen LogP contribution in [0.15, 0.2) is 48.5 Å². The molecule has 0 saturated heterocycles. The molecule has 0 radical (unpaired) electrons. The first kappa shape index (κ1) is 18.9. The number of carbonyl (C=O) groups excluding carboxylic acids is 2. The van der Waals surface area contributed by atoms with E-state index in [0.717, 1.165) is 5.56 Å². The molecule has 2 amide bonds. The Kier molecular flexibility index (Phi) is 6.91. The topological polar surface area (TPSA) is 70.2 Å². The molecule has 2 aromatic rings. The number of carbonyl (C=O) groups is 2. The molecule has 130 valence electrons. The number of nitrogens with one attached hydrogen (secondary N) is 3. The maximum absolute atomic E-state index is 12.1. The van der Waals surface area contributed by atoms with Gasteiger partial charge in [-0.05, 0) is 49.0 Å². The van der Waals surface area contributed by atoms with E-state index in [1.807, 2.05) is 6.92 Å². The van der Waals surface area contributed by atoms with E-state index in [1.54, 1.807) is 48.5 Å². The highest BCUT2D eigenvalue weighted by Gasteiger charge is 2.12. The van der Waals surface area contributed by atoms with Crippen molar-refractivity contribution < 1.29 is 9.59 Å². The highest BCUT2D eigenvalue weighted by atomic mass is 35.5. The number of para-hydroxylation sites is 1. The van der Waals surface area contributed by atoms with E-state index in [-0.39, 0.29) is 23.3 Å². The van der Waals surface area contributed by atoms with Crippen LogP contribution in [0.2, 0.25) is 5.02 Å². The lowest BCUT2D eigenvalue weighted by Crippen LogP contribution is -2.35. The average molecular weight is 376 g/mol. The van der Waals surface area contributed by atoms with Crippen molar-refractivity contribution >= 4 is 46.4 Å². The SMILES string of the molecule is CCNC(=O)c1ccccc1NC(=S)NC(=O)Cc1ccc(Cl)cc1. The number of thiocarbonyl (C=S) groups is 1. The van der Waals surface area contributed by atoms with Gasteiger partial charge < -0.3 is 16.0 Å². The van der Waals surface area contributed by atoms with Crippen molar-refractivity contribution in [3.05, 3.63) is 64.7 Å². The van der Waals surface area contributed by atoms with Crippen molar-refractivity contribution in [1.82, 2.24) is 10.6 Å². The summed E-state index contributed by atoms with van der Waals surface area (Å²) in [5.41, 5.74) is 1.82. The Hall–Kier alpha value is -2.44. The number of halogens is 1. The van der Waals surface area contributed by atoms with E-state index < -0.39 is 0 Å². The van der Waals surface area contributed by atoms with Gasteiger partial charge in [0.2, 0.25) is 5.91 Å². The molecule has 0 fully saturated rings. The number of hydrogen-bond donors (Lipinski definition) is 3. The van der Waals surface area contributed by atoms with Gasteiger partial charge in [-0.15, -0.1) is 0 Å².